The molecule has 0 rings (SSSR count). The molecule has 0 aliphatic rings. The van der Waals surface area contributed by atoms with Gasteiger partial charge in [-0.2, -0.15) is 0 Å². The van der Waals surface area contributed by atoms with E-state index in [-0.39, 0.29) is 9.03 Å². The zero-order valence-corrected chi connectivity index (χ0v) is 11.7. The predicted molar refractivity (Wildman–Crippen MR) is 66.0 cm³/mol. The Morgan fingerprint density at radius 1 is 1.19 bits per heavy atom. The molecular weight excluding hydrogens is 231 g/mol. The van der Waals surface area contributed by atoms with Gasteiger partial charge in [0.15, 0.2) is 9.03 Å². The van der Waals surface area contributed by atoms with Crippen LogP contribution in [-0.2, 0) is 18.6 Å². The third kappa shape index (κ3) is 23.8. The molecule has 1 unspecified atom stereocenters. The first-order chi connectivity index (χ1) is 7.83. The second kappa shape index (κ2) is 20.6. The summed E-state index contributed by atoms with van der Waals surface area (Å²) >= 11 is 0. The van der Waals surface area contributed by atoms with Gasteiger partial charge in [0.05, 0.1) is 13.2 Å². The maximum atomic E-state index is 4.94. The molecule has 0 radical (unpaired) electrons. The number of hydrogen-bond donors (Lipinski definition) is 2. The van der Waals surface area contributed by atoms with Gasteiger partial charge in [-0.05, 0) is 13.3 Å². The van der Waals surface area contributed by atoms with Crippen molar-refractivity contribution in [1.29, 1.82) is 0 Å². The second-order valence-corrected chi connectivity index (χ2v) is 3.50. The van der Waals surface area contributed by atoms with E-state index >= 15 is 0 Å². The molecule has 0 aliphatic heterocycles. The third-order valence-corrected chi connectivity index (χ3v) is 1.82. The van der Waals surface area contributed by atoms with Crippen LogP contribution in [0.5, 0.6) is 0 Å². The summed E-state index contributed by atoms with van der Waals surface area (Å²) in [4.78, 5) is 4.94. The van der Waals surface area contributed by atoms with Crippen LogP contribution in [0.15, 0.2) is 0 Å². The molecule has 0 bridgehead atoms. The molecule has 0 aliphatic carbocycles. The van der Waals surface area contributed by atoms with Crippen LogP contribution in [-0.4, -0.2) is 34.2 Å². The Kier molecular flexibility index (Phi) is 23.9. The smallest absolute Gasteiger partial charge is 0.154 e. The fraction of sp³-hybridized carbons (Fsp3) is 1.00. The minimum absolute atomic E-state index is 0.215. The Hall–Kier alpha value is 0.190. The van der Waals surface area contributed by atoms with Crippen molar-refractivity contribution in [3.05, 3.63) is 0 Å². The van der Waals surface area contributed by atoms with Crippen molar-refractivity contribution in [3.8, 4) is 0 Å². The van der Waals surface area contributed by atoms with E-state index in [4.69, 9.17) is 14.1 Å². The summed E-state index contributed by atoms with van der Waals surface area (Å²) < 4.78 is 14.1. The van der Waals surface area contributed by atoms with Crippen molar-refractivity contribution in [1.82, 2.24) is 11.0 Å². The van der Waals surface area contributed by atoms with Crippen LogP contribution in [0.3, 0.4) is 0 Å². The number of nitrogens with one attached hydrogen (secondary N) is 2. The first-order valence-corrected chi connectivity index (χ1v) is 6.13. The van der Waals surface area contributed by atoms with Crippen molar-refractivity contribution in [2.75, 3.05) is 34.2 Å². The average Bonchev–Trinajstić information content (AvgIpc) is 2.32. The molecule has 0 aromatic rings. The zero-order chi connectivity index (χ0) is 12.5. The SMILES string of the molecule is CCCCONNCOC.CCOPOC. The molecular formula is C9H25N2O4P. The Morgan fingerprint density at radius 2 is 1.94 bits per heavy atom. The molecule has 0 heterocycles. The summed E-state index contributed by atoms with van der Waals surface area (Å²) in [5, 5.41) is 0. The van der Waals surface area contributed by atoms with E-state index in [1.807, 2.05) is 6.92 Å². The summed E-state index contributed by atoms with van der Waals surface area (Å²) in [6, 6.07) is 0. The number of hydrazine groups is 1. The maximum Gasteiger partial charge on any atom is 0.154 e. The molecule has 6 nitrogen and oxygen atoms in total. The van der Waals surface area contributed by atoms with Crippen molar-refractivity contribution < 1.29 is 18.6 Å². The van der Waals surface area contributed by atoms with Gasteiger partial charge < -0.3 is 13.8 Å². The van der Waals surface area contributed by atoms with E-state index in [1.165, 1.54) is 0 Å². The normalized spacial score (nSPS) is 10.5. The summed E-state index contributed by atoms with van der Waals surface area (Å²) in [6.45, 7) is 5.98. The summed E-state index contributed by atoms with van der Waals surface area (Å²) in [5.41, 5.74) is 5.25. The van der Waals surface area contributed by atoms with Crippen molar-refractivity contribution in [2.45, 2.75) is 26.7 Å². The predicted octanol–water partition coefficient (Wildman–Crippen LogP) is 1.59. The Bertz CT molecular complexity index is 99.5. The van der Waals surface area contributed by atoms with E-state index < -0.39 is 0 Å². The van der Waals surface area contributed by atoms with Gasteiger partial charge in [0.2, 0.25) is 0 Å². The Morgan fingerprint density at radius 3 is 2.38 bits per heavy atom. The number of ether oxygens (including phenoxy) is 1. The van der Waals surface area contributed by atoms with Gasteiger partial charge in [-0.15, -0.1) is 5.59 Å². The Balaban J connectivity index is 0. The summed E-state index contributed by atoms with van der Waals surface area (Å²) in [5.74, 6) is 0. The van der Waals surface area contributed by atoms with Gasteiger partial charge >= 0.3 is 0 Å². The van der Waals surface area contributed by atoms with Crippen molar-refractivity contribution >= 4 is 9.03 Å². The van der Waals surface area contributed by atoms with Crippen molar-refractivity contribution in [2.24, 2.45) is 0 Å². The first-order valence-electron chi connectivity index (χ1n) is 5.31. The number of hydrogen-bond acceptors (Lipinski definition) is 6. The molecule has 2 N–H and O–H groups in total. The van der Waals surface area contributed by atoms with E-state index in [9.17, 15) is 0 Å². The first kappa shape index (κ1) is 18.6. The topological polar surface area (TPSA) is 61.0 Å². The van der Waals surface area contributed by atoms with Gasteiger partial charge in [-0.1, -0.05) is 13.3 Å². The van der Waals surface area contributed by atoms with Gasteiger partial charge in [0.25, 0.3) is 0 Å². The lowest BCUT2D eigenvalue weighted by atomic mass is 10.4. The van der Waals surface area contributed by atoms with Crippen molar-refractivity contribution in [3.63, 3.8) is 0 Å². The van der Waals surface area contributed by atoms with Gasteiger partial charge in [-0.25, -0.2) is 5.43 Å². The highest BCUT2D eigenvalue weighted by Crippen LogP contribution is 2.08. The lowest BCUT2D eigenvalue weighted by Gasteiger charge is -2.04. The molecule has 0 saturated heterocycles. The zero-order valence-electron chi connectivity index (χ0n) is 10.7. The van der Waals surface area contributed by atoms with Crippen LogP contribution >= 0.6 is 9.03 Å². The lowest BCUT2D eigenvalue weighted by molar-refractivity contribution is -0.0141. The molecule has 7 heteroatoms. The van der Waals surface area contributed by atoms with E-state index in [0.29, 0.717) is 6.73 Å². The third-order valence-electron chi connectivity index (χ3n) is 1.25. The molecule has 16 heavy (non-hydrogen) atoms. The molecule has 0 saturated carbocycles. The summed E-state index contributed by atoms with van der Waals surface area (Å²) in [6.07, 6.45) is 2.22. The molecule has 0 aromatic carbocycles. The minimum atomic E-state index is 0.215. The van der Waals surface area contributed by atoms with Crippen LogP contribution in [0.1, 0.15) is 26.7 Å². The fourth-order valence-corrected chi connectivity index (χ4v) is 0.774. The lowest BCUT2D eigenvalue weighted by Crippen LogP contribution is -2.33. The van der Waals surface area contributed by atoms with Crippen LogP contribution < -0.4 is 11.0 Å². The largest absolute Gasteiger partial charge is 0.368 e. The van der Waals surface area contributed by atoms with E-state index in [2.05, 4.69) is 22.5 Å². The number of methoxy groups -OCH3 is 1. The van der Waals surface area contributed by atoms with Crippen LogP contribution in [0.2, 0.25) is 0 Å². The fourth-order valence-electron chi connectivity index (χ4n) is 0.538. The number of unbranched alkanes of at least 4 members (excludes halogenated alkanes) is 1. The number of rotatable bonds is 10. The Labute approximate surface area is 100 Å². The highest BCUT2D eigenvalue weighted by molar-refractivity contribution is 7.26. The standard InChI is InChI=1S/C6H16N2O2.C3H9O2P/c1-3-4-5-10-8-7-6-9-2;1-3-5-6-4-2/h7-8H,3-6H2,1-2H3;6H,3H2,1-2H3. The van der Waals surface area contributed by atoms with E-state index in [1.54, 1.807) is 14.2 Å². The summed E-state index contributed by atoms with van der Waals surface area (Å²) in [7, 11) is 3.45. The molecule has 0 spiro atoms. The monoisotopic (exact) mass is 256 g/mol. The average molecular weight is 256 g/mol. The minimum Gasteiger partial charge on any atom is -0.368 e. The van der Waals surface area contributed by atoms with Gasteiger partial charge in [0, 0.05) is 14.2 Å². The quantitative estimate of drug-likeness (QED) is 0.268. The maximum absolute atomic E-state index is 4.94. The molecule has 0 fully saturated rings. The van der Waals surface area contributed by atoms with Gasteiger partial charge in [0.1, 0.15) is 6.73 Å². The molecule has 0 aromatic heterocycles. The van der Waals surface area contributed by atoms with E-state index in [0.717, 1.165) is 26.1 Å². The van der Waals surface area contributed by atoms with Crippen LogP contribution in [0.25, 0.3) is 0 Å². The molecule has 0 amide bonds. The molecule has 1 atom stereocenters. The van der Waals surface area contributed by atoms with Gasteiger partial charge in [-0.3, -0.25) is 4.84 Å². The molecule has 100 valence electrons. The van der Waals surface area contributed by atoms with Crippen LogP contribution in [0.4, 0.5) is 0 Å². The highest BCUT2D eigenvalue weighted by Gasteiger charge is 1.83. The van der Waals surface area contributed by atoms with Crippen LogP contribution in [0, 0.1) is 0 Å². The highest BCUT2D eigenvalue weighted by atomic mass is 31.1. The second-order valence-electron chi connectivity index (χ2n) is 2.63.